The Balaban J connectivity index is 2.41. The highest BCUT2D eigenvalue weighted by Crippen LogP contribution is 2.39. The predicted octanol–water partition coefficient (Wildman–Crippen LogP) is 0.865. The maximum Gasteiger partial charge on any atom is 0.204 e. The van der Waals surface area contributed by atoms with Crippen molar-refractivity contribution < 1.29 is 9.22 Å². The third-order valence-electron chi connectivity index (χ3n) is 1.68. The molecule has 1 heterocycles. The van der Waals surface area contributed by atoms with Gasteiger partial charge in [0.2, 0.25) is 9.04 Å². The van der Waals surface area contributed by atoms with Crippen LogP contribution in [0, 0.1) is 0 Å². The SMILES string of the molecule is CC1(O[Si](C)(C)C)C[SiH]1O. The summed E-state index contributed by atoms with van der Waals surface area (Å²) in [4.78, 5) is 9.29. The lowest BCUT2D eigenvalue weighted by atomic mass is 10.5. The molecule has 1 aliphatic rings. The molecule has 1 rings (SSSR count). The van der Waals surface area contributed by atoms with E-state index in [0.717, 1.165) is 6.04 Å². The number of hydrogen-bond acceptors (Lipinski definition) is 2. The van der Waals surface area contributed by atoms with E-state index < -0.39 is 17.4 Å². The van der Waals surface area contributed by atoms with Crippen molar-refractivity contribution in [3.63, 3.8) is 0 Å². The van der Waals surface area contributed by atoms with Crippen molar-refractivity contribution in [1.29, 1.82) is 0 Å². The van der Waals surface area contributed by atoms with Crippen molar-refractivity contribution in [2.24, 2.45) is 0 Å². The molecule has 10 heavy (non-hydrogen) atoms. The minimum absolute atomic E-state index is 0.0511. The first-order chi connectivity index (χ1) is 4.33. The van der Waals surface area contributed by atoms with Crippen LogP contribution in [0.4, 0.5) is 0 Å². The van der Waals surface area contributed by atoms with Gasteiger partial charge in [-0.05, 0) is 32.6 Å². The molecule has 0 saturated carbocycles. The fourth-order valence-electron chi connectivity index (χ4n) is 1.13. The molecule has 1 saturated heterocycles. The Bertz CT molecular complexity index is 143. The maximum absolute atomic E-state index is 9.29. The van der Waals surface area contributed by atoms with Crippen molar-refractivity contribution in [3.05, 3.63) is 0 Å². The van der Waals surface area contributed by atoms with Gasteiger partial charge in [0.05, 0.1) is 5.22 Å². The molecule has 0 aromatic heterocycles. The molecule has 2 unspecified atom stereocenters. The lowest BCUT2D eigenvalue weighted by molar-refractivity contribution is 0.218. The van der Waals surface area contributed by atoms with Crippen molar-refractivity contribution in [2.75, 3.05) is 0 Å². The second kappa shape index (κ2) is 2.17. The molecule has 0 aliphatic carbocycles. The summed E-state index contributed by atoms with van der Waals surface area (Å²) in [7, 11) is -2.80. The highest BCUT2D eigenvalue weighted by molar-refractivity contribution is 6.73. The zero-order valence-electron chi connectivity index (χ0n) is 7.14. The quantitative estimate of drug-likeness (QED) is 0.633. The van der Waals surface area contributed by atoms with E-state index in [1.54, 1.807) is 0 Å². The first-order valence-corrected chi connectivity index (χ1v) is 9.04. The molecule has 4 heteroatoms. The summed E-state index contributed by atoms with van der Waals surface area (Å²) in [6.45, 7) is 8.54. The van der Waals surface area contributed by atoms with Crippen LogP contribution in [0.2, 0.25) is 25.7 Å². The van der Waals surface area contributed by atoms with Gasteiger partial charge < -0.3 is 9.22 Å². The molecule has 2 atom stereocenters. The van der Waals surface area contributed by atoms with E-state index in [1.165, 1.54) is 0 Å². The van der Waals surface area contributed by atoms with Gasteiger partial charge in [-0.3, -0.25) is 0 Å². The van der Waals surface area contributed by atoms with Gasteiger partial charge in [-0.1, -0.05) is 0 Å². The first kappa shape index (κ1) is 8.45. The van der Waals surface area contributed by atoms with Gasteiger partial charge in [-0.2, -0.15) is 0 Å². The minimum atomic E-state index is -1.41. The van der Waals surface area contributed by atoms with E-state index in [4.69, 9.17) is 4.43 Å². The van der Waals surface area contributed by atoms with Crippen LogP contribution >= 0.6 is 0 Å². The topological polar surface area (TPSA) is 29.5 Å². The molecule has 1 fully saturated rings. The normalized spacial score (nSPS) is 39.9. The fraction of sp³-hybridized carbons (Fsp3) is 1.00. The van der Waals surface area contributed by atoms with Crippen LogP contribution in [0.25, 0.3) is 0 Å². The smallest absolute Gasteiger partial charge is 0.204 e. The lowest BCUT2D eigenvalue weighted by Gasteiger charge is -2.23. The number of hydrogen-bond donors (Lipinski definition) is 1. The van der Waals surface area contributed by atoms with Gasteiger partial charge in [-0.15, -0.1) is 0 Å². The monoisotopic (exact) mass is 176 g/mol. The van der Waals surface area contributed by atoms with Gasteiger partial charge in [0.15, 0.2) is 8.32 Å². The Labute approximate surface area is 65.1 Å². The summed E-state index contributed by atoms with van der Waals surface area (Å²) < 4.78 is 5.80. The van der Waals surface area contributed by atoms with Crippen LogP contribution in [0.1, 0.15) is 6.92 Å². The fourth-order valence-corrected chi connectivity index (χ4v) is 5.44. The highest BCUT2D eigenvalue weighted by atomic mass is 28.4. The summed E-state index contributed by atoms with van der Waals surface area (Å²) in [5.74, 6) is 0. The van der Waals surface area contributed by atoms with E-state index in [-0.39, 0.29) is 5.22 Å². The van der Waals surface area contributed by atoms with Gasteiger partial charge in [-0.25, -0.2) is 0 Å². The second-order valence-corrected chi connectivity index (χ2v) is 11.3. The molecule has 2 nitrogen and oxygen atoms in total. The molecular formula is C6H16O2Si2. The van der Waals surface area contributed by atoms with Crippen LogP contribution in [-0.4, -0.2) is 27.4 Å². The van der Waals surface area contributed by atoms with E-state index in [1.807, 2.05) is 6.92 Å². The van der Waals surface area contributed by atoms with Crippen LogP contribution < -0.4 is 0 Å². The maximum atomic E-state index is 9.29. The summed E-state index contributed by atoms with van der Waals surface area (Å²) >= 11 is 0. The van der Waals surface area contributed by atoms with Crippen molar-refractivity contribution in [3.8, 4) is 0 Å². The van der Waals surface area contributed by atoms with Crippen molar-refractivity contribution in [1.82, 2.24) is 0 Å². The second-order valence-electron chi connectivity index (χ2n) is 4.25. The summed E-state index contributed by atoms with van der Waals surface area (Å²) in [6, 6.07) is 0.956. The largest absolute Gasteiger partial charge is 0.432 e. The Morgan fingerprint density at radius 3 is 2.00 bits per heavy atom. The molecule has 1 N–H and O–H groups in total. The molecule has 0 amide bonds. The van der Waals surface area contributed by atoms with Gasteiger partial charge in [0, 0.05) is 0 Å². The van der Waals surface area contributed by atoms with E-state index in [2.05, 4.69) is 19.6 Å². The third-order valence-corrected chi connectivity index (χ3v) is 5.40. The molecule has 60 valence electrons. The zero-order valence-corrected chi connectivity index (χ0v) is 9.29. The van der Waals surface area contributed by atoms with Crippen molar-refractivity contribution >= 4 is 17.4 Å². The summed E-state index contributed by atoms with van der Waals surface area (Å²) in [5, 5.41) is -0.0511. The predicted molar refractivity (Wildman–Crippen MR) is 47.0 cm³/mol. The van der Waals surface area contributed by atoms with Crippen LogP contribution in [0.3, 0.4) is 0 Å². The first-order valence-electron chi connectivity index (χ1n) is 3.72. The van der Waals surface area contributed by atoms with Crippen molar-refractivity contribution in [2.45, 2.75) is 37.8 Å². The molecular weight excluding hydrogens is 160 g/mol. The Hall–Kier alpha value is 0.354. The zero-order chi connectivity index (χ0) is 7.99. The van der Waals surface area contributed by atoms with E-state index in [0.29, 0.717) is 0 Å². The Morgan fingerprint density at radius 2 is 1.90 bits per heavy atom. The average molecular weight is 176 g/mol. The lowest BCUT2D eigenvalue weighted by Crippen LogP contribution is -2.34. The van der Waals surface area contributed by atoms with Crippen LogP contribution in [0.5, 0.6) is 0 Å². The van der Waals surface area contributed by atoms with Gasteiger partial charge >= 0.3 is 0 Å². The summed E-state index contributed by atoms with van der Waals surface area (Å²) in [6.07, 6.45) is 0. The molecule has 0 radical (unpaired) electrons. The molecule has 0 aromatic rings. The van der Waals surface area contributed by atoms with E-state index >= 15 is 0 Å². The Morgan fingerprint density at radius 1 is 1.50 bits per heavy atom. The molecule has 0 aromatic carbocycles. The molecule has 0 bridgehead atoms. The van der Waals surface area contributed by atoms with Gasteiger partial charge in [0.1, 0.15) is 0 Å². The molecule has 0 spiro atoms. The molecule has 1 aliphatic heterocycles. The number of rotatable bonds is 2. The minimum Gasteiger partial charge on any atom is -0.432 e. The van der Waals surface area contributed by atoms with Crippen LogP contribution in [-0.2, 0) is 4.43 Å². The Kier molecular flexibility index (Phi) is 1.83. The average Bonchev–Trinajstić information content (AvgIpc) is 2.05. The highest BCUT2D eigenvalue weighted by Gasteiger charge is 2.54. The summed E-state index contributed by atoms with van der Waals surface area (Å²) in [5.41, 5.74) is 0. The third kappa shape index (κ3) is 1.92. The van der Waals surface area contributed by atoms with E-state index in [9.17, 15) is 4.80 Å². The standard InChI is InChI=1S/C6H16O2Si2/c1-6(5-9(6)7)8-10(2,3)4/h7,9H,5H2,1-4H3. The van der Waals surface area contributed by atoms with Crippen LogP contribution in [0.15, 0.2) is 0 Å². The van der Waals surface area contributed by atoms with Gasteiger partial charge in [0.25, 0.3) is 0 Å².